The minimum atomic E-state index is -1.07. The SMILES string of the molecule is CN(C(=O)CCn1cnc2ccccc2c1=O)C1(c2ccccc2Cl)CCCCC1=O. The number of rotatable bonds is 5. The van der Waals surface area contributed by atoms with Gasteiger partial charge in [0.2, 0.25) is 5.91 Å². The summed E-state index contributed by atoms with van der Waals surface area (Å²) in [6, 6.07) is 14.3. The van der Waals surface area contributed by atoms with E-state index in [0.717, 1.165) is 12.8 Å². The van der Waals surface area contributed by atoms with Gasteiger partial charge >= 0.3 is 0 Å². The first-order valence-corrected chi connectivity index (χ1v) is 10.8. The molecule has 0 spiro atoms. The normalized spacial score (nSPS) is 18.8. The van der Waals surface area contributed by atoms with Crippen molar-refractivity contribution in [2.75, 3.05) is 7.05 Å². The molecule has 0 saturated heterocycles. The molecule has 1 amide bonds. The molecule has 0 N–H and O–H groups in total. The molecule has 4 rings (SSSR count). The summed E-state index contributed by atoms with van der Waals surface area (Å²) >= 11 is 6.47. The van der Waals surface area contributed by atoms with E-state index < -0.39 is 5.54 Å². The number of hydrogen-bond donors (Lipinski definition) is 0. The highest BCUT2D eigenvalue weighted by atomic mass is 35.5. The minimum Gasteiger partial charge on any atom is -0.329 e. The van der Waals surface area contributed by atoms with Gasteiger partial charge in [-0.2, -0.15) is 0 Å². The van der Waals surface area contributed by atoms with Crippen molar-refractivity contribution in [1.29, 1.82) is 0 Å². The van der Waals surface area contributed by atoms with Crippen molar-refractivity contribution < 1.29 is 9.59 Å². The molecule has 6 nitrogen and oxygen atoms in total. The molecule has 2 aromatic carbocycles. The Hall–Kier alpha value is -2.99. The third kappa shape index (κ3) is 3.76. The van der Waals surface area contributed by atoms with E-state index in [4.69, 9.17) is 11.6 Å². The van der Waals surface area contributed by atoms with Crippen LogP contribution in [0.4, 0.5) is 0 Å². The molecule has 1 aliphatic carbocycles. The van der Waals surface area contributed by atoms with Gasteiger partial charge in [-0.3, -0.25) is 19.0 Å². The van der Waals surface area contributed by atoms with Gasteiger partial charge in [0.25, 0.3) is 5.56 Å². The number of para-hydroxylation sites is 1. The van der Waals surface area contributed by atoms with Crippen molar-refractivity contribution in [3.63, 3.8) is 0 Å². The van der Waals surface area contributed by atoms with Gasteiger partial charge < -0.3 is 4.90 Å². The molecule has 0 aliphatic heterocycles. The lowest BCUT2D eigenvalue weighted by atomic mass is 9.74. The van der Waals surface area contributed by atoms with Gasteiger partial charge in [-0.1, -0.05) is 41.9 Å². The van der Waals surface area contributed by atoms with Crippen molar-refractivity contribution in [3.8, 4) is 0 Å². The Morgan fingerprint density at radius 3 is 2.65 bits per heavy atom. The second-order valence-electron chi connectivity index (χ2n) is 7.93. The predicted molar refractivity (Wildman–Crippen MR) is 120 cm³/mol. The van der Waals surface area contributed by atoms with E-state index in [2.05, 4.69) is 4.98 Å². The summed E-state index contributed by atoms with van der Waals surface area (Å²) in [7, 11) is 1.66. The molecule has 0 bridgehead atoms. The molecule has 1 aromatic heterocycles. The Labute approximate surface area is 185 Å². The Morgan fingerprint density at radius 1 is 1.13 bits per heavy atom. The Kier molecular flexibility index (Phi) is 5.92. The third-order valence-corrected chi connectivity index (χ3v) is 6.55. The second-order valence-corrected chi connectivity index (χ2v) is 8.34. The molecule has 1 heterocycles. The standard InChI is InChI=1S/C24H24ClN3O3/c1-27(24(14-7-6-12-21(24)29)18-9-3-4-10-19(18)25)22(30)13-15-28-16-26-20-11-5-2-8-17(20)23(28)31/h2-5,8-11,16H,6-7,12-15H2,1H3. The molecule has 3 aromatic rings. The fourth-order valence-electron chi connectivity index (χ4n) is 4.49. The fourth-order valence-corrected chi connectivity index (χ4v) is 4.78. The number of aryl methyl sites for hydroxylation is 1. The van der Waals surface area contributed by atoms with Gasteiger partial charge in [-0.15, -0.1) is 0 Å². The van der Waals surface area contributed by atoms with Crippen molar-refractivity contribution >= 4 is 34.2 Å². The van der Waals surface area contributed by atoms with Crippen molar-refractivity contribution in [2.45, 2.75) is 44.2 Å². The number of amides is 1. The first-order valence-electron chi connectivity index (χ1n) is 10.4. The Bertz CT molecular complexity index is 1210. The van der Waals surface area contributed by atoms with Crippen molar-refractivity contribution in [3.05, 3.63) is 75.8 Å². The van der Waals surface area contributed by atoms with Gasteiger partial charge in [0.15, 0.2) is 5.78 Å². The molecule has 1 saturated carbocycles. The summed E-state index contributed by atoms with van der Waals surface area (Å²) in [6.45, 7) is 0.187. The van der Waals surface area contributed by atoms with E-state index in [1.54, 1.807) is 31.3 Å². The molecule has 0 radical (unpaired) electrons. The van der Waals surface area contributed by atoms with E-state index in [1.807, 2.05) is 24.3 Å². The Balaban J connectivity index is 1.61. The maximum atomic E-state index is 13.2. The molecule has 1 fully saturated rings. The van der Waals surface area contributed by atoms with Crippen molar-refractivity contribution in [1.82, 2.24) is 14.5 Å². The van der Waals surface area contributed by atoms with Crippen LogP contribution in [0.15, 0.2) is 59.7 Å². The number of Topliss-reactive ketones (excluding diaryl/α,β-unsaturated/α-hetero) is 1. The van der Waals surface area contributed by atoms with Crippen LogP contribution in [0.1, 0.15) is 37.7 Å². The highest BCUT2D eigenvalue weighted by Gasteiger charge is 2.47. The van der Waals surface area contributed by atoms with Crippen molar-refractivity contribution in [2.24, 2.45) is 0 Å². The lowest BCUT2D eigenvalue weighted by Crippen LogP contribution is -2.54. The quantitative estimate of drug-likeness (QED) is 0.606. The van der Waals surface area contributed by atoms with Gasteiger partial charge in [-0.25, -0.2) is 4.98 Å². The first-order chi connectivity index (χ1) is 14.9. The minimum absolute atomic E-state index is 0.00670. The van der Waals surface area contributed by atoms with Crippen LogP contribution in [0, 0.1) is 0 Å². The fraction of sp³-hybridized carbons (Fsp3) is 0.333. The molecule has 1 atom stereocenters. The van der Waals surface area contributed by atoms with E-state index in [0.29, 0.717) is 34.3 Å². The van der Waals surface area contributed by atoms with E-state index >= 15 is 0 Å². The number of hydrogen-bond acceptors (Lipinski definition) is 4. The number of ketones is 1. The third-order valence-electron chi connectivity index (χ3n) is 6.22. The van der Waals surface area contributed by atoms with E-state index in [9.17, 15) is 14.4 Å². The van der Waals surface area contributed by atoms with Crippen LogP contribution in [-0.2, 0) is 21.7 Å². The number of carbonyl (C=O) groups excluding carboxylic acids is 2. The van der Waals surface area contributed by atoms with Crippen LogP contribution in [0.5, 0.6) is 0 Å². The molecule has 7 heteroatoms. The summed E-state index contributed by atoms with van der Waals surface area (Å²) in [4.78, 5) is 45.0. The lowest BCUT2D eigenvalue weighted by molar-refractivity contribution is -0.148. The predicted octanol–water partition coefficient (Wildman–Crippen LogP) is 3.94. The molecule has 31 heavy (non-hydrogen) atoms. The van der Waals surface area contributed by atoms with Gasteiger partial charge in [0.05, 0.1) is 17.2 Å². The molecule has 1 aliphatic rings. The zero-order chi connectivity index (χ0) is 22.0. The van der Waals surface area contributed by atoms with Gasteiger partial charge in [0, 0.05) is 37.0 Å². The zero-order valence-electron chi connectivity index (χ0n) is 17.4. The number of benzene rings is 2. The van der Waals surface area contributed by atoms with Gasteiger partial charge in [0.1, 0.15) is 5.54 Å². The number of halogens is 1. The largest absolute Gasteiger partial charge is 0.329 e. The van der Waals surface area contributed by atoms with E-state index in [1.165, 1.54) is 15.8 Å². The highest BCUT2D eigenvalue weighted by molar-refractivity contribution is 6.31. The topological polar surface area (TPSA) is 72.3 Å². The average Bonchev–Trinajstić information content (AvgIpc) is 2.79. The molecule has 160 valence electrons. The smallest absolute Gasteiger partial charge is 0.261 e. The molecular formula is C24H24ClN3O3. The van der Waals surface area contributed by atoms with Crippen LogP contribution < -0.4 is 5.56 Å². The average molecular weight is 438 g/mol. The second kappa shape index (κ2) is 8.63. The summed E-state index contributed by atoms with van der Waals surface area (Å²) < 4.78 is 1.44. The van der Waals surface area contributed by atoms with Crippen LogP contribution in [0.3, 0.4) is 0 Å². The first kappa shape index (κ1) is 21.2. The highest BCUT2D eigenvalue weighted by Crippen LogP contribution is 2.42. The van der Waals surface area contributed by atoms with Crippen LogP contribution >= 0.6 is 11.6 Å². The number of fused-ring (bicyclic) bond motifs is 1. The summed E-state index contributed by atoms with van der Waals surface area (Å²) in [6.07, 6.45) is 4.14. The number of carbonyl (C=O) groups is 2. The maximum absolute atomic E-state index is 13.2. The number of likely N-dealkylation sites (N-methyl/N-ethyl adjacent to an activating group) is 1. The van der Waals surface area contributed by atoms with Crippen LogP contribution in [0.25, 0.3) is 10.9 Å². The maximum Gasteiger partial charge on any atom is 0.261 e. The van der Waals surface area contributed by atoms with E-state index in [-0.39, 0.29) is 30.2 Å². The number of nitrogens with zero attached hydrogens (tertiary/aromatic N) is 3. The number of aromatic nitrogens is 2. The summed E-state index contributed by atoms with van der Waals surface area (Å²) in [5.74, 6) is -0.206. The van der Waals surface area contributed by atoms with Crippen LogP contribution in [0.2, 0.25) is 5.02 Å². The monoisotopic (exact) mass is 437 g/mol. The summed E-state index contributed by atoms with van der Waals surface area (Å²) in [5, 5.41) is 0.994. The van der Waals surface area contributed by atoms with Gasteiger partial charge in [-0.05, 0) is 37.5 Å². The molecular weight excluding hydrogens is 414 g/mol. The summed E-state index contributed by atoms with van der Waals surface area (Å²) in [5.41, 5.74) is 0.0373. The Morgan fingerprint density at radius 2 is 1.87 bits per heavy atom. The zero-order valence-corrected chi connectivity index (χ0v) is 18.1. The molecule has 1 unspecified atom stereocenters. The lowest BCUT2D eigenvalue weighted by Gasteiger charge is -2.44. The van der Waals surface area contributed by atoms with Crippen LogP contribution in [-0.4, -0.2) is 33.2 Å².